The number of fused-ring (bicyclic) bond motifs is 1. The lowest BCUT2D eigenvalue weighted by Crippen LogP contribution is -2.50. The Hall–Kier alpha value is -1.32. The molecule has 0 radical (unpaired) electrons. The van der Waals surface area contributed by atoms with Crippen LogP contribution in [-0.2, 0) is 0 Å². The topological polar surface area (TPSA) is 15.7 Å². The van der Waals surface area contributed by atoms with Crippen LogP contribution >= 0.6 is 0 Å². The molecule has 1 aromatic rings. The SMILES string of the molecule is CN1CCN(C2C=Cc3ccccc3O2)CC1. The third-order valence-corrected chi connectivity index (χ3v) is 3.50. The van der Waals surface area contributed by atoms with Crippen LogP contribution in [0.1, 0.15) is 5.56 Å². The largest absolute Gasteiger partial charge is 0.471 e. The molecule has 0 amide bonds. The maximum atomic E-state index is 6.03. The summed E-state index contributed by atoms with van der Waals surface area (Å²) in [7, 11) is 2.17. The molecule has 1 atom stereocenters. The Morgan fingerprint density at radius 3 is 2.71 bits per heavy atom. The summed E-state index contributed by atoms with van der Waals surface area (Å²) in [5.41, 5.74) is 1.18. The highest BCUT2D eigenvalue weighted by atomic mass is 16.5. The summed E-state index contributed by atoms with van der Waals surface area (Å²) < 4.78 is 6.03. The zero-order chi connectivity index (χ0) is 11.7. The van der Waals surface area contributed by atoms with Crippen molar-refractivity contribution in [3.63, 3.8) is 0 Å². The monoisotopic (exact) mass is 230 g/mol. The Labute approximate surface area is 102 Å². The Balaban J connectivity index is 1.72. The number of benzene rings is 1. The Bertz CT molecular complexity index is 422. The fourth-order valence-corrected chi connectivity index (χ4v) is 2.35. The summed E-state index contributed by atoms with van der Waals surface area (Å²) in [6.45, 7) is 4.39. The summed E-state index contributed by atoms with van der Waals surface area (Å²) >= 11 is 0. The predicted octanol–water partition coefficient (Wildman–Crippen LogP) is 1.67. The van der Waals surface area contributed by atoms with Crippen molar-refractivity contribution in [2.24, 2.45) is 0 Å². The van der Waals surface area contributed by atoms with E-state index >= 15 is 0 Å². The van der Waals surface area contributed by atoms with E-state index in [1.54, 1.807) is 0 Å². The highest BCUT2D eigenvalue weighted by Crippen LogP contribution is 2.26. The van der Waals surface area contributed by atoms with Gasteiger partial charge in [-0.1, -0.05) is 24.3 Å². The van der Waals surface area contributed by atoms with Gasteiger partial charge in [0.05, 0.1) is 0 Å². The highest BCUT2D eigenvalue weighted by molar-refractivity contribution is 5.59. The molecular weight excluding hydrogens is 212 g/mol. The molecule has 3 heteroatoms. The summed E-state index contributed by atoms with van der Waals surface area (Å²) in [5, 5.41) is 0. The van der Waals surface area contributed by atoms with Crippen molar-refractivity contribution in [3.05, 3.63) is 35.9 Å². The molecule has 1 saturated heterocycles. The van der Waals surface area contributed by atoms with E-state index in [-0.39, 0.29) is 6.23 Å². The van der Waals surface area contributed by atoms with Gasteiger partial charge in [0.1, 0.15) is 5.75 Å². The van der Waals surface area contributed by atoms with Gasteiger partial charge in [0.15, 0.2) is 6.23 Å². The molecule has 17 heavy (non-hydrogen) atoms. The fraction of sp³-hybridized carbons (Fsp3) is 0.429. The van der Waals surface area contributed by atoms with E-state index in [0.29, 0.717) is 0 Å². The van der Waals surface area contributed by atoms with E-state index in [9.17, 15) is 0 Å². The van der Waals surface area contributed by atoms with Crippen molar-refractivity contribution >= 4 is 6.08 Å². The van der Waals surface area contributed by atoms with Gasteiger partial charge in [-0.05, 0) is 19.2 Å². The standard InChI is InChI=1S/C14H18N2O/c1-15-8-10-16(11-9-15)14-7-6-12-4-2-3-5-13(12)17-14/h2-7,14H,8-11H2,1H3. The van der Waals surface area contributed by atoms with Crippen molar-refractivity contribution in [2.75, 3.05) is 33.2 Å². The van der Waals surface area contributed by atoms with E-state index in [4.69, 9.17) is 4.74 Å². The maximum Gasteiger partial charge on any atom is 0.172 e. The van der Waals surface area contributed by atoms with Crippen molar-refractivity contribution in [1.82, 2.24) is 9.80 Å². The van der Waals surface area contributed by atoms with Gasteiger partial charge in [-0.25, -0.2) is 0 Å². The average molecular weight is 230 g/mol. The van der Waals surface area contributed by atoms with Crippen LogP contribution in [0, 0.1) is 0 Å². The summed E-state index contributed by atoms with van der Waals surface area (Å²) in [6, 6.07) is 8.20. The van der Waals surface area contributed by atoms with Crippen molar-refractivity contribution in [1.29, 1.82) is 0 Å². The smallest absolute Gasteiger partial charge is 0.172 e. The van der Waals surface area contributed by atoms with E-state index in [1.165, 1.54) is 5.56 Å². The minimum absolute atomic E-state index is 0.110. The van der Waals surface area contributed by atoms with Crippen LogP contribution in [0.15, 0.2) is 30.3 Å². The van der Waals surface area contributed by atoms with Crippen LogP contribution in [0.3, 0.4) is 0 Å². The zero-order valence-electron chi connectivity index (χ0n) is 10.2. The lowest BCUT2D eigenvalue weighted by atomic mass is 10.1. The van der Waals surface area contributed by atoms with Gasteiger partial charge in [0.25, 0.3) is 0 Å². The minimum atomic E-state index is 0.110. The van der Waals surface area contributed by atoms with Crippen molar-refractivity contribution < 1.29 is 4.74 Å². The van der Waals surface area contributed by atoms with E-state index in [2.05, 4.69) is 35.1 Å². The molecule has 0 spiro atoms. The second kappa shape index (κ2) is 4.51. The molecule has 1 fully saturated rings. The second-order valence-corrected chi connectivity index (χ2v) is 4.74. The highest BCUT2D eigenvalue weighted by Gasteiger charge is 2.24. The molecule has 3 rings (SSSR count). The van der Waals surface area contributed by atoms with Crippen LogP contribution in [0.5, 0.6) is 5.75 Å². The van der Waals surface area contributed by atoms with Crippen LogP contribution < -0.4 is 4.74 Å². The average Bonchev–Trinajstić information content (AvgIpc) is 2.39. The number of hydrogen-bond acceptors (Lipinski definition) is 3. The molecule has 90 valence electrons. The minimum Gasteiger partial charge on any atom is -0.471 e. The van der Waals surface area contributed by atoms with E-state index < -0.39 is 0 Å². The summed E-state index contributed by atoms with van der Waals surface area (Å²) in [5.74, 6) is 0.999. The number of hydrogen-bond donors (Lipinski definition) is 0. The zero-order valence-corrected chi connectivity index (χ0v) is 10.2. The van der Waals surface area contributed by atoms with Crippen molar-refractivity contribution in [3.8, 4) is 5.75 Å². The number of ether oxygens (including phenoxy) is 1. The van der Waals surface area contributed by atoms with Crippen molar-refractivity contribution in [2.45, 2.75) is 6.23 Å². The van der Waals surface area contributed by atoms with Gasteiger partial charge in [-0.3, -0.25) is 4.90 Å². The molecule has 0 aromatic heterocycles. The van der Waals surface area contributed by atoms with Crippen LogP contribution in [-0.4, -0.2) is 49.3 Å². The normalized spacial score (nSPS) is 25.4. The quantitative estimate of drug-likeness (QED) is 0.730. The van der Waals surface area contributed by atoms with Gasteiger partial charge in [-0.2, -0.15) is 0 Å². The van der Waals surface area contributed by atoms with Crippen LogP contribution in [0.2, 0.25) is 0 Å². The third kappa shape index (κ3) is 2.21. The molecule has 2 aliphatic heterocycles. The first-order valence-electron chi connectivity index (χ1n) is 6.19. The van der Waals surface area contributed by atoms with Gasteiger partial charge in [0.2, 0.25) is 0 Å². The van der Waals surface area contributed by atoms with Gasteiger partial charge in [0, 0.05) is 31.7 Å². The third-order valence-electron chi connectivity index (χ3n) is 3.50. The lowest BCUT2D eigenvalue weighted by Gasteiger charge is -2.37. The number of nitrogens with zero attached hydrogens (tertiary/aromatic N) is 2. The first-order chi connectivity index (χ1) is 8.33. The molecule has 2 aliphatic rings. The van der Waals surface area contributed by atoms with Crippen LogP contribution in [0.4, 0.5) is 0 Å². The molecular formula is C14H18N2O. The number of para-hydroxylation sites is 1. The van der Waals surface area contributed by atoms with E-state index in [1.807, 2.05) is 18.2 Å². The molecule has 1 aromatic carbocycles. The first-order valence-corrected chi connectivity index (χ1v) is 6.19. The molecule has 0 saturated carbocycles. The summed E-state index contributed by atoms with van der Waals surface area (Å²) in [4.78, 5) is 4.75. The van der Waals surface area contributed by atoms with Gasteiger partial charge >= 0.3 is 0 Å². The molecule has 1 unspecified atom stereocenters. The molecule has 0 N–H and O–H groups in total. The molecule has 2 heterocycles. The van der Waals surface area contributed by atoms with Crippen LogP contribution in [0.25, 0.3) is 6.08 Å². The number of rotatable bonds is 1. The van der Waals surface area contributed by atoms with E-state index in [0.717, 1.165) is 31.9 Å². The molecule has 0 bridgehead atoms. The Morgan fingerprint density at radius 1 is 1.12 bits per heavy atom. The Morgan fingerprint density at radius 2 is 1.88 bits per heavy atom. The second-order valence-electron chi connectivity index (χ2n) is 4.74. The lowest BCUT2D eigenvalue weighted by molar-refractivity contribution is 0.0261. The molecule has 3 nitrogen and oxygen atoms in total. The summed E-state index contributed by atoms with van der Waals surface area (Å²) in [6.07, 6.45) is 4.44. The first kappa shape index (κ1) is 10.8. The Kier molecular flexibility index (Phi) is 2.87. The number of piperazine rings is 1. The predicted molar refractivity (Wildman–Crippen MR) is 69.0 cm³/mol. The molecule has 0 aliphatic carbocycles. The maximum absolute atomic E-state index is 6.03. The van der Waals surface area contributed by atoms with Gasteiger partial charge < -0.3 is 9.64 Å². The number of likely N-dealkylation sites (N-methyl/N-ethyl adjacent to an activating group) is 1. The fourth-order valence-electron chi connectivity index (χ4n) is 2.35. The van der Waals surface area contributed by atoms with Gasteiger partial charge in [-0.15, -0.1) is 0 Å².